The van der Waals surface area contributed by atoms with Gasteiger partial charge in [-0.15, -0.1) is 0 Å². The van der Waals surface area contributed by atoms with Gasteiger partial charge >= 0.3 is 19.4 Å². The summed E-state index contributed by atoms with van der Waals surface area (Å²) in [5.41, 5.74) is 0.00732. The fourth-order valence-corrected chi connectivity index (χ4v) is 5.48. The van der Waals surface area contributed by atoms with Gasteiger partial charge in [-0.3, -0.25) is 23.7 Å². The summed E-state index contributed by atoms with van der Waals surface area (Å²) >= 11 is 0. The quantitative estimate of drug-likeness (QED) is 0.148. The van der Waals surface area contributed by atoms with E-state index in [0.29, 0.717) is 11.8 Å². The first kappa shape index (κ1) is 31.8. The van der Waals surface area contributed by atoms with Crippen molar-refractivity contribution >= 4 is 19.8 Å². The van der Waals surface area contributed by atoms with Crippen LogP contribution in [0.2, 0.25) is 0 Å². The lowest BCUT2D eigenvalue weighted by Gasteiger charge is -2.23. The standard InChI is InChI=1S/C29H31FN3O9P/c1-3-4-11-21-12-8-13-24(19(21)2)42-43(38,31-15-27(35)39-17-20-9-6-5-7-10-20)40-18-25-23(34)14-26(41-25)33-16-22(30)28(36)32-29(33)37/h3-13,16,23,25-26,34H,1,14-15,17-18H2,2H3,(H,31,38)(H,32,36,37). The summed E-state index contributed by atoms with van der Waals surface area (Å²) in [4.78, 5) is 37.8. The van der Waals surface area contributed by atoms with Crippen molar-refractivity contribution in [1.82, 2.24) is 14.6 Å². The third kappa shape index (κ3) is 8.46. The van der Waals surface area contributed by atoms with Crippen LogP contribution in [0.5, 0.6) is 5.75 Å². The molecule has 2 heterocycles. The van der Waals surface area contributed by atoms with E-state index in [4.69, 9.17) is 18.5 Å². The van der Waals surface area contributed by atoms with Crippen LogP contribution in [0.15, 0.2) is 83.0 Å². The molecule has 14 heteroatoms. The number of aliphatic hydroxyl groups is 1. The van der Waals surface area contributed by atoms with Crippen LogP contribution in [0.1, 0.15) is 29.3 Å². The number of H-pyrrole nitrogens is 1. The van der Waals surface area contributed by atoms with Crippen LogP contribution >= 0.6 is 7.75 Å². The van der Waals surface area contributed by atoms with Crippen molar-refractivity contribution in [2.45, 2.75) is 38.4 Å². The molecule has 12 nitrogen and oxygen atoms in total. The van der Waals surface area contributed by atoms with Crippen molar-refractivity contribution in [2.24, 2.45) is 0 Å². The monoisotopic (exact) mass is 615 g/mol. The molecule has 4 unspecified atom stereocenters. The van der Waals surface area contributed by atoms with Gasteiger partial charge in [-0.1, -0.05) is 67.3 Å². The Morgan fingerprint density at radius 2 is 2.02 bits per heavy atom. The largest absolute Gasteiger partial charge is 0.460 e. The zero-order chi connectivity index (χ0) is 31.0. The maximum absolute atomic E-state index is 13.9. The van der Waals surface area contributed by atoms with Crippen molar-refractivity contribution in [2.75, 3.05) is 13.2 Å². The zero-order valence-corrected chi connectivity index (χ0v) is 24.1. The minimum atomic E-state index is -4.32. The molecule has 1 fully saturated rings. The Kier molecular flexibility index (Phi) is 10.6. The van der Waals surface area contributed by atoms with E-state index in [1.165, 1.54) is 0 Å². The first-order valence-electron chi connectivity index (χ1n) is 13.2. The maximum Gasteiger partial charge on any atom is 0.459 e. The maximum atomic E-state index is 13.9. The molecule has 0 spiro atoms. The summed E-state index contributed by atoms with van der Waals surface area (Å²) in [7, 11) is -4.32. The summed E-state index contributed by atoms with van der Waals surface area (Å²) in [6.45, 7) is 4.34. The van der Waals surface area contributed by atoms with E-state index in [0.717, 1.165) is 15.7 Å². The number of carbonyl (C=O) groups is 1. The number of nitrogens with zero attached hydrogens (tertiary/aromatic N) is 1. The molecule has 4 atom stereocenters. The third-order valence-electron chi connectivity index (χ3n) is 6.46. The predicted molar refractivity (Wildman–Crippen MR) is 155 cm³/mol. The molecule has 0 aliphatic carbocycles. The molecule has 0 bridgehead atoms. The van der Waals surface area contributed by atoms with Gasteiger partial charge in [-0.25, -0.2) is 14.4 Å². The van der Waals surface area contributed by atoms with Crippen molar-refractivity contribution in [3.63, 3.8) is 0 Å². The molecule has 0 saturated carbocycles. The number of halogens is 1. The normalized spacial score (nSPS) is 19.7. The van der Waals surface area contributed by atoms with E-state index < -0.39 is 62.4 Å². The Labute approximate surface area is 246 Å². The summed E-state index contributed by atoms with van der Waals surface area (Å²) in [6.07, 6.45) is 2.13. The predicted octanol–water partition coefficient (Wildman–Crippen LogP) is 3.37. The molecule has 4 rings (SSSR count). The molecule has 2 aromatic carbocycles. The number of ether oxygens (including phenoxy) is 2. The van der Waals surface area contributed by atoms with E-state index in [9.17, 15) is 28.4 Å². The minimum Gasteiger partial charge on any atom is -0.460 e. The number of allylic oxidation sites excluding steroid dienone is 2. The van der Waals surface area contributed by atoms with Crippen LogP contribution in [0, 0.1) is 12.7 Å². The van der Waals surface area contributed by atoms with Crippen molar-refractivity contribution < 1.29 is 37.4 Å². The number of aromatic nitrogens is 2. The van der Waals surface area contributed by atoms with Crippen molar-refractivity contribution in [3.05, 3.63) is 117 Å². The van der Waals surface area contributed by atoms with E-state index in [1.54, 1.807) is 61.5 Å². The molecule has 0 radical (unpaired) electrons. The van der Waals surface area contributed by atoms with Gasteiger partial charge in [0.1, 0.15) is 31.2 Å². The fourth-order valence-electron chi connectivity index (χ4n) is 4.15. The molecule has 1 aliphatic rings. The molecule has 1 aromatic heterocycles. The highest BCUT2D eigenvalue weighted by Gasteiger charge is 2.39. The molecule has 1 aliphatic heterocycles. The van der Waals surface area contributed by atoms with Gasteiger partial charge in [0.05, 0.1) is 18.9 Å². The highest BCUT2D eigenvalue weighted by Crippen LogP contribution is 2.46. The molecular weight excluding hydrogens is 584 g/mol. The average Bonchev–Trinajstić information content (AvgIpc) is 3.37. The number of carbonyl (C=O) groups excluding carboxylic acids is 1. The third-order valence-corrected chi connectivity index (χ3v) is 7.94. The summed E-state index contributed by atoms with van der Waals surface area (Å²) in [5.74, 6) is -1.74. The molecule has 228 valence electrons. The topological polar surface area (TPSA) is 158 Å². The van der Waals surface area contributed by atoms with E-state index in [1.807, 2.05) is 17.1 Å². The number of aliphatic hydroxyl groups excluding tert-OH is 1. The molecule has 3 N–H and O–H groups in total. The fraction of sp³-hybridized carbons (Fsp3) is 0.276. The van der Waals surface area contributed by atoms with Gasteiger partial charge in [0.25, 0.3) is 5.56 Å². The van der Waals surface area contributed by atoms with Crippen molar-refractivity contribution in [3.8, 4) is 5.75 Å². The van der Waals surface area contributed by atoms with Crippen LogP contribution < -0.4 is 20.9 Å². The molecule has 43 heavy (non-hydrogen) atoms. The Hall–Kier alpha value is -4.13. The Morgan fingerprint density at radius 3 is 2.77 bits per heavy atom. The first-order valence-corrected chi connectivity index (χ1v) is 14.7. The number of benzene rings is 2. The lowest BCUT2D eigenvalue weighted by Crippen LogP contribution is -2.34. The Morgan fingerprint density at radius 1 is 1.26 bits per heavy atom. The van der Waals surface area contributed by atoms with Gasteiger partial charge < -0.3 is 19.1 Å². The molecule has 3 aromatic rings. The second-order valence-electron chi connectivity index (χ2n) is 9.51. The van der Waals surface area contributed by atoms with Crippen LogP contribution in [-0.4, -0.2) is 46.0 Å². The van der Waals surface area contributed by atoms with E-state index in [-0.39, 0.29) is 18.8 Å². The second kappa shape index (κ2) is 14.4. The number of esters is 1. The molecule has 1 saturated heterocycles. The SMILES string of the molecule is C=CC=Cc1cccc(OP(=O)(NCC(=O)OCc2ccccc2)OCC2OC(n3cc(F)c(=O)[nH]c3=O)CC2O)c1C. The van der Waals surface area contributed by atoms with Gasteiger partial charge in [-0.2, -0.15) is 4.39 Å². The number of hydrogen-bond acceptors (Lipinski definition) is 9. The number of rotatable bonds is 13. The van der Waals surface area contributed by atoms with E-state index >= 15 is 0 Å². The summed E-state index contributed by atoms with van der Waals surface area (Å²) < 4.78 is 50.8. The number of aromatic amines is 1. The minimum absolute atomic E-state index is 0.00162. The van der Waals surface area contributed by atoms with Crippen LogP contribution in [-0.2, 0) is 30.0 Å². The van der Waals surface area contributed by atoms with Gasteiger partial charge in [-0.05, 0) is 29.7 Å². The van der Waals surface area contributed by atoms with Crippen LogP contribution in [0.3, 0.4) is 0 Å². The highest BCUT2D eigenvalue weighted by atomic mass is 31.2. The lowest BCUT2D eigenvalue weighted by atomic mass is 10.1. The average molecular weight is 616 g/mol. The summed E-state index contributed by atoms with van der Waals surface area (Å²) in [5, 5.41) is 13.1. The van der Waals surface area contributed by atoms with E-state index in [2.05, 4.69) is 11.7 Å². The highest BCUT2D eigenvalue weighted by molar-refractivity contribution is 7.52. The second-order valence-corrected chi connectivity index (χ2v) is 11.3. The van der Waals surface area contributed by atoms with Crippen LogP contribution in [0.4, 0.5) is 4.39 Å². The van der Waals surface area contributed by atoms with Crippen molar-refractivity contribution in [1.29, 1.82) is 0 Å². The zero-order valence-electron chi connectivity index (χ0n) is 23.2. The number of hydrogen-bond donors (Lipinski definition) is 3. The molecule has 0 amide bonds. The first-order chi connectivity index (χ1) is 20.6. The van der Waals surface area contributed by atoms with Crippen LogP contribution in [0.25, 0.3) is 6.08 Å². The number of nitrogens with one attached hydrogen (secondary N) is 2. The van der Waals surface area contributed by atoms with Gasteiger partial charge in [0, 0.05) is 6.42 Å². The lowest BCUT2D eigenvalue weighted by molar-refractivity contribution is -0.143. The molecular formula is C29H31FN3O9P. The Balaban J connectivity index is 1.48. The van der Waals surface area contributed by atoms with Gasteiger partial charge in [0.15, 0.2) is 0 Å². The van der Waals surface area contributed by atoms with Gasteiger partial charge in [0.2, 0.25) is 5.82 Å². The summed E-state index contributed by atoms with van der Waals surface area (Å²) in [6, 6.07) is 14.0. The smallest absolute Gasteiger partial charge is 0.459 e. The Bertz CT molecular complexity index is 1640.